The Balaban J connectivity index is 2.08. The third-order valence-electron chi connectivity index (χ3n) is 3.84. The number of carboxylic acids is 2. The van der Waals surface area contributed by atoms with Crippen molar-refractivity contribution < 1.29 is 28.9 Å². The molecule has 0 radical (unpaired) electrons. The van der Waals surface area contributed by atoms with E-state index in [0.29, 0.717) is 28.1 Å². The smallest absolute Gasteiger partial charge is 0.335 e. The molecule has 3 aromatic rings. The molecule has 128 valence electrons. The quantitative estimate of drug-likeness (QED) is 0.738. The lowest BCUT2D eigenvalue weighted by atomic mass is 10.2. The van der Waals surface area contributed by atoms with E-state index in [-0.39, 0.29) is 12.1 Å². The van der Waals surface area contributed by atoms with Gasteiger partial charge in [-0.15, -0.1) is 0 Å². The van der Waals surface area contributed by atoms with Gasteiger partial charge in [0.15, 0.2) is 5.75 Å². The molecule has 1 heterocycles. The fourth-order valence-electron chi connectivity index (χ4n) is 2.67. The average Bonchev–Trinajstić information content (AvgIpc) is 2.80. The summed E-state index contributed by atoms with van der Waals surface area (Å²) in [5.74, 6) is -1.85. The Morgan fingerprint density at radius 2 is 1.80 bits per heavy atom. The Kier molecular flexibility index (Phi) is 4.14. The van der Waals surface area contributed by atoms with Crippen molar-refractivity contribution in [2.75, 3.05) is 0 Å². The van der Waals surface area contributed by atoms with Crippen LogP contribution in [0.4, 0.5) is 4.39 Å². The van der Waals surface area contributed by atoms with E-state index in [2.05, 4.69) is 0 Å². The standard InChI is InChI=1S/C18H14FNO5/c1-10-17(25-13-5-2-11(3-6-13)18(23)24)14-8-12(19)4-7-15(14)20(10)9-16(21)22/h2-8H,9H2,1H3,(H,21,22)(H,23,24). The van der Waals surface area contributed by atoms with E-state index in [9.17, 15) is 14.0 Å². The molecule has 0 saturated carbocycles. The van der Waals surface area contributed by atoms with Gasteiger partial charge in [0.2, 0.25) is 0 Å². The average molecular weight is 343 g/mol. The third kappa shape index (κ3) is 3.16. The largest absolute Gasteiger partial charge is 0.480 e. The monoisotopic (exact) mass is 343 g/mol. The van der Waals surface area contributed by atoms with Gasteiger partial charge in [-0.3, -0.25) is 4.79 Å². The summed E-state index contributed by atoms with van der Waals surface area (Å²) in [6.45, 7) is 1.40. The van der Waals surface area contributed by atoms with Crippen LogP contribution in [0.25, 0.3) is 10.9 Å². The molecule has 0 aliphatic rings. The van der Waals surface area contributed by atoms with Crippen LogP contribution in [-0.2, 0) is 11.3 Å². The van der Waals surface area contributed by atoms with Crippen molar-refractivity contribution in [1.29, 1.82) is 0 Å². The number of halogens is 1. The highest BCUT2D eigenvalue weighted by Crippen LogP contribution is 2.36. The molecular weight excluding hydrogens is 329 g/mol. The summed E-state index contributed by atoms with van der Waals surface area (Å²) in [6.07, 6.45) is 0. The first-order chi connectivity index (χ1) is 11.9. The fourth-order valence-corrected chi connectivity index (χ4v) is 2.67. The Hall–Kier alpha value is -3.35. The van der Waals surface area contributed by atoms with Crippen LogP contribution >= 0.6 is 0 Å². The summed E-state index contributed by atoms with van der Waals surface area (Å²) in [7, 11) is 0. The van der Waals surface area contributed by atoms with Crippen molar-refractivity contribution >= 4 is 22.8 Å². The van der Waals surface area contributed by atoms with Crippen LogP contribution in [0.1, 0.15) is 16.1 Å². The highest BCUT2D eigenvalue weighted by molar-refractivity contribution is 5.90. The van der Waals surface area contributed by atoms with Gasteiger partial charge >= 0.3 is 11.9 Å². The summed E-state index contributed by atoms with van der Waals surface area (Å²) in [6, 6.07) is 9.80. The molecule has 0 fully saturated rings. The molecule has 1 aromatic heterocycles. The Morgan fingerprint density at radius 3 is 2.40 bits per heavy atom. The normalized spacial score (nSPS) is 10.8. The van der Waals surface area contributed by atoms with Gasteiger partial charge in [0, 0.05) is 5.39 Å². The summed E-state index contributed by atoms with van der Waals surface area (Å²) in [4.78, 5) is 22.0. The lowest BCUT2D eigenvalue weighted by Crippen LogP contribution is -2.09. The van der Waals surface area contributed by atoms with Crippen molar-refractivity contribution in [2.45, 2.75) is 13.5 Å². The molecule has 3 rings (SSSR count). The van der Waals surface area contributed by atoms with Gasteiger partial charge in [-0.25, -0.2) is 9.18 Å². The predicted molar refractivity (Wildman–Crippen MR) is 87.7 cm³/mol. The number of aliphatic carboxylic acids is 1. The van der Waals surface area contributed by atoms with Crippen LogP contribution in [0, 0.1) is 12.7 Å². The highest BCUT2D eigenvalue weighted by Gasteiger charge is 2.18. The van der Waals surface area contributed by atoms with Gasteiger partial charge in [0.25, 0.3) is 0 Å². The van der Waals surface area contributed by atoms with E-state index in [1.807, 2.05) is 0 Å². The fraction of sp³-hybridized carbons (Fsp3) is 0.111. The number of benzene rings is 2. The number of aromatic nitrogens is 1. The van der Waals surface area contributed by atoms with Crippen LogP contribution in [0.3, 0.4) is 0 Å². The van der Waals surface area contributed by atoms with Crippen molar-refractivity contribution in [1.82, 2.24) is 4.57 Å². The molecule has 25 heavy (non-hydrogen) atoms. The number of ether oxygens (including phenoxy) is 1. The van der Waals surface area contributed by atoms with Gasteiger partial charge in [-0.05, 0) is 49.4 Å². The van der Waals surface area contributed by atoms with Gasteiger partial charge < -0.3 is 19.5 Å². The van der Waals surface area contributed by atoms with Gasteiger partial charge in [-0.1, -0.05) is 0 Å². The summed E-state index contributed by atoms with van der Waals surface area (Å²) >= 11 is 0. The summed E-state index contributed by atoms with van der Waals surface area (Å²) in [5, 5.41) is 18.5. The van der Waals surface area contributed by atoms with Gasteiger partial charge in [-0.2, -0.15) is 0 Å². The van der Waals surface area contributed by atoms with Crippen molar-refractivity contribution in [3.63, 3.8) is 0 Å². The van der Waals surface area contributed by atoms with E-state index in [1.165, 1.54) is 47.0 Å². The van der Waals surface area contributed by atoms with Crippen LogP contribution in [0.2, 0.25) is 0 Å². The molecule has 0 aliphatic heterocycles. The van der Waals surface area contributed by atoms with Crippen molar-refractivity contribution in [3.05, 3.63) is 59.5 Å². The van der Waals surface area contributed by atoms with Gasteiger partial charge in [0.05, 0.1) is 16.8 Å². The maximum Gasteiger partial charge on any atom is 0.335 e. The molecule has 0 unspecified atom stereocenters. The van der Waals surface area contributed by atoms with Crippen LogP contribution in [0.15, 0.2) is 42.5 Å². The molecule has 2 aromatic carbocycles. The highest BCUT2D eigenvalue weighted by atomic mass is 19.1. The molecule has 0 atom stereocenters. The molecule has 0 saturated heterocycles. The number of hydrogen-bond donors (Lipinski definition) is 2. The molecule has 7 heteroatoms. The van der Waals surface area contributed by atoms with Gasteiger partial charge in [0.1, 0.15) is 18.1 Å². The second-order valence-electron chi connectivity index (χ2n) is 5.49. The first-order valence-electron chi connectivity index (χ1n) is 7.38. The SMILES string of the molecule is Cc1c(Oc2ccc(C(=O)O)cc2)c2cc(F)ccc2n1CC(=O)O. The van der Waals surface area contributed by atoms with Crippen molar-refractivity contribution in [2.24, 2.45) is 0 Å². The number of aromatic carboxylic acids is 1. The first kappa shape index (κ1) is 16.5. The second kappa shape index (κ2) is 6.27. The Morgan fingerprint density at radius 1 is 1.12 bits per heavy atom. The zero-order valence-electron chi connectivity index (χ0n) is 13.2. The topological polar surface area (TPSA) is 88.8 Å². The van der Waals surface area contributed by atoms with E-state index in [1.54, 1.807) is 6.92 Å². The number of fused-ring (bicyclic) bond motifs is 1. The summed E-state index contributed by atoms with van der Waals surface area (Å²) < 4.78 is 21.0. The lowest BCUT2D eigenvalue weighted by molar-refractivity contribution is -0.137. The zero-order chi connectivity index (χ0) is 18.1. The van der Waals surface area contributed by atoms with E-state index in [4.69, 9.17) is 14.9 Å². The lowest BCUT2D eigenvalue weighted by Gasteiger charge is -2.07. The molecule has 0 aliphatic carbocycles. The molecule has 0 bridgehead atoms. The minimum absolute atomic E-state index is 0.114. The van der Waals surface area contributed by atoms with Crippen LogP contribution < -0.4 is 4.74 Å². The maximum atomic E-state index is 13.7. The number of rotatable bonds is 5. The van der Waals surface area contributed by atoms with E-state index >= 15 is 0 Å². The number of hydrogen-bond acceptors (Lipinski definition) is 3. The molecule has 6 nitrogen and oxygen atoms in total. The third-order valence-corrected chi connectivity index (χ3v) is 3.84. The number of nitrogens with zero attached hydrogens (tertiary/aromatic N) is 1. The number of carboxylic acid groups (broad SMARTS) is 2. The maximum absolute atomic E-state index is 13.7. The van der Waals surface area contributed by atoms with Crippen molar-refractivity contribution in [3.8, 4) is 11.5 Å². The van der Waals surface area contributed by atoms with Crippen LogP contribution in [0.5, 0.6) is 11.5 Å². The minimum atomic E-state index is -1.05. The van der Waals surface area contributed by atoms with Crippen LogP contribution in [-0.4, -0.2) is 26.7 Å². The van der Waals surface area contributed by atoms with E-state index in [0.717, 1.165) is 0 Å². The van der Waals surface area contributed by atoms with E-state index < -0.39 is 17.8 Å². The zero-order valence-corrected chi connectivity index (χ0v) is 13.2. The molecule has 0 spiro atoms. The minimum Gasteiger partial charge on any atom is -0.480 e. The first-order valence-corrected chi connectivity index (χ1v) is 7.38. The second-order valence-corrected chi connectivity index (χ2v) is 5.49. The summed E-state index contributed by atoms with van der Waals surface area (Å²) in [5.41, 5.74) is 1.19. The Labute approximate surface area is 141 Å². The Bertz CT molecular complexity index is 975. The molecule has 0 amide bonds. The molecule has 2 N–H and O–H groups in total. The predicted octanol–water partition coefficient (Wildman–Crippen LogP) is 3.66. The number of carbonyl (C=O) groups is 2. The molecular formula is C18H14FNO5.